The van der Waals surface area contributed by atoms with Gasteiger partial charge in [-0.2, -0.15) is 18.3 Å². The first-order chi connectivity index (χ1) is 11.0. The van der Waals surface area contributed by atoms with Gasteiger partial charge in [-0.25, -0.2) is 4.79 Å². The molecule has 2 atom stereocenters. The molecule has 9 heteroatoms. The SMILES string of the molecule is CC(C)(C(=O)O)n1cc(NC(=O)C2CCCC(C(F)(F)F)C2)cn1. The van der Waals surface area contributed by atoms with Crippen LogP contribution < -0.4 is 5.32 Å². The Kier molecular flexibility index (Phi) is 4.91. The van der Waals surface area contributed by atoms with Crippen molar-refractivity contribution in [3.05, 3.63) is 12.4 Å². The normalized spacial score (nSPS) is 22.2. The third-order valence-electron chi connectivity index (χ3n) is 4.45. The van der Waals surface area contributed by atoms with Gasteiger partial charge >= 0.3 is 12.1 Å². The van der Waals surface area contributed by atoms with Crippen LogP contribution in [0.3, 0.4) is 0 Å². The van der Waals surface area contributed by atoms with Crippen LogP contribution in [0.25, 0.3) is 0 Å². The molecule has 6 nitrogen and oxygen atoms in total. The smallest absolute Gasteiger partial charge is 0.391 e. The van der Waals surface area contributed by atoms with Gasteiger partial charge < -0.3 is 10.4 Å². The molecule has 0 saturated heterocycles. The monoisotopic (exact) mass is 347 g/mol. The minimum atomic E-state index is -4.28. The molecule has 2 N–H and O–H groups in total. The zero-order valence-corrected chi connectivity index (χ0v) is 13.4. The predicted octanol–water partition coefficient (Wildman–Crippen LogP) is 3.01. The highest BCUT2D eigenvalue weighted by molar-refractivity contribution is 5.92. The number of hydrogen-bond acceptors (Lipinski definition) is 3. The molecule has 0 radical (unpaired) electrons. The molecule has 0 aromatic carbocycles. The molecular formula is C15H20F3N3O3. The van der Waals surface area contributed by atoms with E-state index in [9.17, 15) is 22.8 Å². The van der Waals surface area contributed by atoms with Crippen LogP contribution in [0, 0.1) is 11.8 Å². The van der Waals surface area contributed by atoms with E-state index in [2.05, 4.69) is 10.4 Å². The lowest BCUT2D eigenvalue weighted by Gasteiger charge is -2.29. The number of carbonyl (C=O) groups is 2. The van der Waals surface area contributed by atoms with Crippen LogP contribution >= 0.6 is 0 Å². The largest absolute Gasteiger partial charge is 0.479 e. The van der Waals surface area contributed by atoms with Crippen molar-refractivity contribution in [1.29, 1.82) is 0 Å². The van der Waals surface area contributed by atoms with Crippen LogP contribution in [0.1, 0.15) is 39.5 Å². The average Bonchev–Trinajstić information content (AvgIpc) is 2.95. The lowest BCUT2D eigenvalue weighted by atomic mass is 9.80. The van der Waals surface area contributed by atoms with Gasteiger partial charge in [0.05, 0.1) is 17.8 Å². The maximum absolute atomic E-state index is 12.8. The zero-order valence-electron chi connectivity index (χ0n) is 13.4. The summed E-state index contributed by atoms with van der Waals surface area (Å²) in [6.07, 6.45) is -1.04. The van der Waals surface area contributed by atoms with E-state index in [1.165, 1.54) is 30.9 Å². The number of carboxylic acids is 1. The second-order valence-electron chi connectivity index (χ2n) is 6.63. The van der Waals surface area contributed by atoms with Crippen molar-refractivity contribution in [1.82, 2.24) is 9.78 Å². The fraction of sp³-hybridized carbons (Fsp3) is 0.667. The van der Waals surface area contributed by atoms with Gasteiger partial charge in [0.1, 0.15) is 0 Å². The van der Waals surface area contributed by atoms with Crippen molar-refractivity contribution in [2.24, 2.45) is 11.8 Å². The van der Waals surface area contributed by atoms with E-state index in [4.69, 9.17) is 5.11 Å². The lowest BCUT2D eigenvalue weighted by molar-refractivity contribution is -0.185. The van der Waals surface area contributed by atoms with E-state index in [1.54, 1.807) is 0 Å². The Morgan fingerprint density at radius 3 is 2.58 bits per heavy atom. The number of nitrogens with one attached hydrogen (secondary N) is 1. The molecule has 0 bridgehead atoms. The summed E-state index contributed by atoms with van der Waals surface area (Å²) >= 11 is 0. The van der Waals surface area contributed by atoms with Crippen molar-refractivity contribution in [3.8, 4) is 0 Å². The highest BCUT2D eigenvalue weighted by Gasteiger charge is 2.43. The molecule has 2 unspecified atom stereocenters. The third kappa shape index (κ3) is 3.88. The number of aromatic nitrogens is 2. The minimum Gasteiger partial charge on any atom is -0.479 e. The van der Waals surface area contributed by atoms with Gasteiger partial charge in [-0.15, -0.1) is 0 Å². The Bertz CT molecular complexity index is 625. The van der Waals surface area contributed by atoms with E-state index in [-0.39, 0.29) is 18.5 Å². The summed E-state index contributed by atoms with van der Waals surface area (Å²) in [4.78, 5) is 23.4. The molecule has 1 saturated carbocycles. The molecule has 1 aromatic heterocycles. The quantitative estimate of drug-likeness (QED) is 0.877. The molecule has 1 aliphatic rings. The minimum absolute atomic E-state index is 0.0536. The number of amides is 1. The molecule has 1 aliphatic carbocycles. The number of halogens is 3. The maximum atomic E-state index is 12.8. The Morgan fingerprint density at radius 1 is 1.33 bits per heavy atom. The number of rotatable bonds is 4. The molecule has 0 spiro atoms. The lowest BCUT2D eigenvalue weighted by Crippen LogP contribution is -2.36. The van der Waals surface area contributed by atoms with E-state index in [0.29, 0.717) is 12.8 Å². The molecular weight excluding hydrogens is 327 g/mol. The number of nitrogens with zero attached hydrogens (tertiary/aromatic N) is 2. The number of alkyl halides is 3. The standard InChI is InChI=1S/C15H20F3N3O3/c1-14(2,13(23)24)21-8-11(7-19-21)20-12(22)9-4-3-5-10(6-9)15(16,17)18/h7-10H,3-6H2,1-2H3,(H,20,22)(H,23,24). The summed E-state index contributed by atoms with van der Waals surface area (Å²) in [5, 5.41) is 15.6. The molecule has 24 heavy (non-hydrogen) atoms. The topological polar surface area (TPSA) is 84.2 Å². The predicted molar refractivity (Wildman–Crippen MR) is 79.3 cm³/mol. The zero-order chi connectivity index (χ0) is 18.1. The molecule has 134 valence electrons. The first-order valence-electron chi connectivity index (χ1n) is 7.68. The summed E-state index contributed by atoms with van der Waals surface area (Å²) in [7, 11) is 0. The van der Waals surface area contributed by atoms with E-state index in [1.807, 2.05) is 0 Å². The number of aliphatic carboxylic acids is 1. The second-order valence-corrected chi connectivity index (χ2v) is 6.63. The number of carboxylic acid groups (broad SMARTS) is 1. The maximum Gasteiger partial charge on any atom is 0.391 e. The van der Waals surface area contributed by atoms with E-state index < -0.39 is 35.4 Å². The van der Waals surface area contributed by atoms with Crippen molar-refractivity contribution >= 4 is 17.6 Å². The van der Waals surface area contributed by atoms with Crippen LogP contribution in [0.2, 0.25) is 0 Å². The molecule has 0 aliphatic heterocycles. The van der Waals surface area contributed by atoms with Crippen molar-refractivity contribution in [2.75, 3.05) is 5.32 Å². The Balaban J connectivity index is 2.03. The Hall–Kier alpha value is -2.06. The Labute approximate surface area is 137 Å². The summed E-state index contributed by atoms with van der Waals surface area (Å²) in [6, 6.07) is 0. The van der Waals surface area contributed by atoms with Crippen LogP contribution in [-0.4, -0.2) is 32.9 Å². The van der Waals surface area contributed by atoms with E-state index >= 15 is 0 Å². The molecule has 1 aromatic rings. The van der Waals surface area contributed by atoms with Crippen molar-refractivity contribution in [2.45, 2.75) is 51.2 Å². The first kappa shape index (κ1) is 18.3. The second kappa shape index (κ2) is 6.45. The summed E-state index contributed by atoms with van der Waals surface area (Å²) < 4.78 is 39.6. The van der Waals surface area contributed by atoms with Crippen molar-refractivity contribution < 1.29 is 27.9 Å². The molecule has 1 heterocycles. The van der Waals surface area contributed by atoms with Gasteiger partial charge in [0, 0.05) is 12.1 Å². The summed E-state index contributed by atoms with van der Waals surface area (Å²) in [5.41, 5.74) is -1.03. The van der Waals surface area contributed by atoms with Gasteiger partial charge in [0.15, 0.2) is 5.54 Å². The van der Waals surface area contributed by atoms with Crippen LogP contribution in [0.15, 0.2) is 12.4 Å². The van der Waals surface area contributed by atoms with Crippen LogP contribution in [0.4, 0.5) is 18.9 Å². The third-order valence-corrected chi connectivity index (χ3v) is 4.45. The summed E-state index contributed by atoms with van der Waals surface area (Å²) in [6.45, 7) is 2.89. The van der Waals surface area contributed by atoms with Gasteiger partial charge in [0.2, 0.25) is 5.91 Å². The fourth-order valence-electron chi connectivity index (χ4n) is 2.76. The molecule has 1 amide bonds. The van der Waals surface area contributed by atoms with Crippen LogP contribution in [0.5, 0.6) is 0 Å². The van der Waals surface area contributed by atoms with E-state index in [0.717, 1.165) is 0 Å². The summed E-state index contributed by atoms with van der Waals surface area (Å²) in [5.74, 6) is -3.74. The highest BCUT2D eigenvalue weighted by atomic mass is 19.4. The first-order valence-corrected chi connectivity index (χ1v) is 7.68. The number of anilines is 1. The van der Waals surface area contributed by atoms with Gasteiger partial charge in [0.25, 0.3) is 0 Å². The van der Waals surface area contributed by atoms with Gasteiger partial charge in [-0.05, 0) is 33.1 Å². The fourth-order valence-corrected chi connectivity index (χ4v) is 2.76. The highest BCUT2D eigenvalue weighted by Crippen LogP contribution is 2.40. The van der Waals surface area contributed by atoms with Crippen molar-refractivity contribution in [3.63, 3.8) is 0 Å². The van der Waals surface area contributed by atoms with Gasteiger partial charge in [-0.1, -0.05) is 6.42 Å². The van der Waals surface area contributed by atoms with Gasteiger partial charge in [-0.3, -0.25) is 9.48 Å². The molecule has 2 rings (SSSR count). The average molecular weight is 347 g/mol. The van der Waals surface area contributed by atoms with Crippen LogP contribution in [-0.2, 0) is 15.1 Å². The number of carbonyl (C=O) groups excluding carboxylic acids is 1. The molecule has 1 fully saturated rings. The number of hydrogen-bond donors (Lipinski definition) is 2. The Morgan fingerprint density at radius 2 is 2.00 bits per heavy atom.